The number of halogens is 2. The lowest BCUT2D eigenvalue weighted by Gasteiger charge is -2.34. The van der Waals surface area contributed by atoms with E-state index in [1.165, 1.54) is 12.1 Å². The molecule has 0 bridgehead atoms. The van der Waals surface area contributed by atoms with Gasteiger partial charge in [-0.3, -0.25) is 4.90 Å². The molecule has 1 saturated heterocycles. The lowest BCUT2D eigenvalue weighted by Crippen LogP contribution is -2.39. The molecule has 1 aliphatic rings. The molecule has 0 spiro atoms. The Labute approximate surface area is 112 Å². The van der Waals surface area contributed by atoms with E-state index in [9.17, 15) is 9.50 Å². The predicted octanol–water partition coefficient (Wildman–Crippen LogP) is 3.07. The summed E-state index contributed by atoms with van der Waals surface area (Å²) in [6, 6.07) is 4.47. The van der Waals surface area contributed by atoms with Crippen LogP contribution in [-0.4, -0.2) is 29.2 Å². The highest BCUT2D eigenvalue weighted by atomic mass is 35.5. The van der Waals surface area contributed by atoms with E-state index in [0.29, 0.717) is 17.5 Å². The van der Waals surface area contributed by atoms with Crippen LogP contribution >= 0.6 is 11.6 Å². The number of hydrogen-bond acceptors (Lipinski definition) is 2. The van der Waals surface area contributed by atoms with Gasteiger partial charge in [-0.1, -0.05) is 11.6 Å². The molecule has 2 unspecified atom stereocenters. The Hall–Kier alpha value is -0.640. The Kier molecular flexibility index (Phi) is 4.60. The molecule has 1 aromatic carbocycles. The van der Waals surface area contributed by atoms with Gasteiger partial charge < -0.3 is 5.11 Å². The van der Waals surface area contributed by atoms with Crippen LogP contribution in [0.25, 0.3) is 0 Å². The van der Waals surface area contributed by atoms with Crippen molar-refractivity contribution in [2.45, 2.75) is 32.4 Å². The summed E-state index contributed by atoms with van der Waals surface area (Å²) in [5.41, 5.74) is 0.822. The molecular formula is C14H19ClFNO. The van der Waals surface area contributed by atoms with Crippen molar-refractivity contribution < 1.29 is 9.50 Å². The summed E-state index contributed by atoms with van der Waals surface area (Å²) in [4.78, 5) is 2.24. The van der Waals surface area contributed by atoms with Gasteiger partial charge in [-0.25, -0.2) is 4.39 Å². The van der Waals surface area contributed by atoms with Gasteiger partial charge >= 0.3 is 0 Å². The van der Waals surface area contributed by atoms with Crippen LogP contribution in [0.2, 0.25) is 5.02 Å². The molecule has 1 N–H and O–H groups in total. The number of aliphatic hydroxyl groups excluding tert-OH is 1. The first-order chi connectivity index (χ1) is 8.56. The normalized spacial score (nSPS) is 23.0. The van der Waals surface area contributed by atoms with Crippen LogP contribution in [0.3, 0.4) is 0 Å². The van der Waals surface area contributed by atoms with Crippen molar-refractivity contribution in [2.24, 2.45) is 5.92 Å². The van der Waals surface area contributed by atoms with E-state index < -0.39 is 0 Å². The van der Waals surface area contributed by atoms with Crippen molar-refractivity contribution in [3.8, 4) is 0 Å². The number of rotatable bonds is 3. The first kappa shape index (κ1) is 13.8. The molecule has 0 aliphatic carbocycles. The zero-order valence-electron chi connectivity index (χ0n) is 10.6. The van der Waals surface area contributed by atoms with Crippen molar-refractivity contribution in [1.29, 1.82) is 0 Å². The van der Waals surface area contributed by atoms with Crippen molar-refractivity contribution in [3.63, 3.8) is 0 Å². The molecule has 100 valence electrons. The molecule has 4 heteroatoms. The van der Waals surface area contributed by atoms with Gasteiger partial charge in [0.2, 0.25) is 0 Å². The van der Waals surface area contributed by atoms with Gasteiger partial charge in [0, 0.05) is 18.1 Å². The van der Waals surface area contributed by atoms with E-state index in [1.807, 2.05) is 6.92 Å². The molecule has 1 aliphatic heterocycles. The molecular weight excluding hydrogens is 253 g/mol. The third-order valence-corrected chi connectivity index (χ3v) is 3.99. The van der Waals surface area contributed by atoms with Gasteiger partial charge in [-0.2, -0.15) is 0 Å². The quantitative estimate of drug-likeness (QED) is 0.913. The highest BCUT2D eigenvalue weighted by molar-refractivity contribution is 6.31. The molecule has 2 nitrogen and oxygen atoms in total. The molecule has 0 amide bonds. The Morgan fingerprint density at radius 2 is 2.33 bits per heavy atom. The van der Waals surface area contributed by atoms with Crippen LogP contribution < -0.4 is 0 Å². The first-order valence-corrected chi connectivity index (χ1v) is 6.78. The number of benzene rings is 1. The third-order valence-electron chi connectivity index (χ3n) is 3.63. The molecule has 2 rings (SSSR count). The van der Waals surface area contributed by atoms with Gasteiger partial charge in [0.1, 0.15) is 5.82 Å². The van der Waals surface area contributed by atoms with Crippen LogP contribution in [0.1, 0.15) is 25.3 Å². The van der Waals surface area contributed by atoms with E-state index in [2.05, 4.69) is 4.90 Å². The van der Waals surface area contributed by atoms with E-state index in [0.717, 1.165) is 31.5 Å². The fraction of sp³-hybridized carbons (Fsp3) is 0.571. The SMILES string of the molecule is CC(O)C1CCCN(Cc2cc(F)ccc2Cl)C1. The van der Waals surface area contributed by atoms with Crippen LogP contribution in [0.4, 0.5) is 4.39 Å². The van der Waals surface area contributed by atoms with Gasteiger partial charge in [0.05, 0.1) is 6.10 Å². The molecule has 1 aromatic rings. The summed E-state index contributed by atoms with van der Waals surface area (Å²) in [5, 5.41) is 10.3. The van der Waals surface area contributed by atoms with E-state index in [4.69, 9.17) is 11.6 Å². The summed E-state index contributed by atoms with van der Waals surface area (Å²) in [5.74, 6) is 0.0598. The third kappa shape index (κ3) is 3.44. The second kappa shape index (κ2) is 6.00. The average Bonchev–Trinajstić information content (AvgIpc) is 2.34. The molecule has 0 aromatic heterocycles. The Bertz CT molecular complexity index is 411. The number of aliphatic hydroxyl groups is 1. The Morgan fingerprint density at radius 3 is 3.06 bits per heavy atom. The fourth-order valence-corrected chi connectivity index (χ4v) is 2.71. The lowest BCUT2D eigenvalue weighted by atomic mass is 9.93. The molecule has 1 heterocycles. The highest BCUT2D eigenvalue weighted by Crippen LogP contribution is 2.24. The van der Waals surface area contributed by atoms with Crippen molar-refractivity contribution in [1.82, 2.24) is 4.90 Å². The van der Waals surface area contributed by atoms with Gasteiger partial charge in [0.15, 0.2) is 0 Å². The van der Waals surface area contributed by atoms with Crippen LogP contribution in [0.5, 0.6) is 0 Å². The average molecular weight is 272 g/mol. The fourth-order valence-electron chi connectivity index (χ4n) is 2.53. The zero-order chi connectivity index (χ0) is 13.1. The molecule has 0 saturated carbocycles. The maximum atomic E-state index is 13.2. The van der Waals surface area contributed by atoms with Crippen molar-refractivity contribution in [3.05, 3.63) is 34.6 Å². The second-order valence-corrected chi connectivity index (χ2v) is 5.52. The van der Waals surface area contributed by atoms with Crippen LogP contribution in [0.15, 0.2) is 18.2 Å². The van der Waals surface area contributed by atoms with Gasteiger partial charge in [0.25, 0.3) is 0 Å². The van der Waals surface area contributed by atoms with E-state index in [-0.39, 0.29) is 11.9 Å². The standard InChI is InChI=1S/C14H19ClFNO/c1-10(18)11-3-2-6-17(8-11)9-12-7-13(16)4-5-14(12)15/h4-5,7,10-11,18H,2-3,6,8-9H2,1H3. The lowest BCUT2D eigenvalue weighted by molar-refractivity contribution is 0.0599. The summed E-state index contributed by atoms with van der Waals surface area (Å²) in [6.07, 6.45) is 1.85. The smallest absolute Gasteiger partial charge is 0.123 e. The number of piperidine rings is 1. The summed E-state index contributed by atoms with van der Waals surface area (Å²) < 4.78 is 13.2. The Morgan fingerprint density at radius 1 is 1.56 bits per heavy atom. The summed E-state index contributed by atoms with van der Waals surface area (Å²) in [6.45, 7) is 4.32. The van der Waals surface area contributed by atoms with Crippen molar-refractivity contribution >= 4 is 11.6 Å². The molecule has 2 atom stereocenters. The first-order valence-electron chi connectivity index (χ1n) is 6.40. The minimum atomic E-state index is -0.282. The molecule has 18 heavy (non-hydrogen) atoms. The Balaban J connectivity index is 2.02. The summed E-state index contributed by atoms with van der Waals surface area (Å²) >= 11 is 6.07. The van der Waals surface area contributed by atoms with Gasteiger partial charge in [-0.15, -0.1) is 0 Å². The van der Waals surface area contributed by atoms with E-state index >= 15 is 0 Å². The van der Waals surface area contributed by atoms with Crippen LogP contribution in [0, 0.1) is 11.7 Å². The largest absolute Gasteiger partial charge is 0.393 e. The summed E-state index contributed by atoms with van der Waals surface area (Å²) in [7, 11) is 0. The van der Waals surface area contributed by atoms with Crippen LogP contribution in [-0.2, 0) is 6.54 Å². The number of likely N-dealkylation sites (tertiary alicyclic amines) is 1. The predicted molar refractivity (Wildman–Crippen MR) is 71.1 cm³/mol. The number of nitrogens with zero attached hydrogens (tertiary/aromatic N) is 1. The highest BCUT2D eigenvalue weighted by Gasteiger charge is 2.23. The minimum absolute atomic E-state index is 0.251. The molecule has 0 radical (unpaired) electrons. The zero-order valence-corrected chi connectivity index (χ0v) is 11.3. The maximum Gasteiger partial charge on any atom is 0.123 e. The maximum absolute atomic E-state index is 13.2. The minimum Gasteiger partial charge on any atom is -0.393 e. The topological polar surface area (TPSA) is 23.5 Å². The second-order valence-electron chi connectivity index (χ2n) is 5.11. The number of hydrogen-bond donors (Lipinski definition) is 1. The van der Waals surface area contributed by atoms with Crippen molar-refractivity contribution in [2.75, 3.05) is 13.1 Å². The van der Waals surface area contributed by atoms with Gasteiger partial charge in [-0.05, 0) is 56.0 Å². The van der Waals surface area contributed by atoms with E-state index in [1.54, 1.807) is 6.07 Å². The molecule has 1 fully saturated rings. The monoisotopic (exact) mass is 271 g/mol.